The zero-order valence-corrected chi connectivity index (χ0v) is 19.5. The number of anilines is 1. The number of amides is 1. The first-order chi connectivity index (χ1) is 15.7. The molecule has 0 saturated heterocycles. The summed E-state index contributed by atoms with van der Waals surface area (Å²) < 4.78 is 7.68. The molecule has 2 aliphatic rings. The second kappa shape index (κ2) is 7.89. The molecule has 2 heterocycles. The highest BCUT2D eigenvalue weighted by atomic mass is 16.5. The Kier molecular flexibility index (Phi) is 5.26. The molecule has 174 valence electrons. The first-order valence-corrected chi connectivity index (χ1v) is 11.7. The van der Waals surface area contributed by atoms with Crippen LogP contribution >= 0.6 is 0 Å². The van der Waals surface area contributed by atoms with Crippen molar-refractivity contribution >= 4 is 22.5 Å². The SMILES string of the molecule is CC(C)(C)c1cc2cc(NC(=O)C3(c4ccc5c(c4)CCO5)CC3)ccc2n1C[C@@H](O)CO. The summed E-state index contributed by atoms with van der Waals surface area (Å²) in [6.45, 7) is 7.14. The normalized spacial score (nSPS) is 17.5. The average molecular weight is 449 g/mol. The number of nitrogens with one attached hydrogen (secondary N) is 1. The van der Waals surface area contributed by atoms with Gasteiger partial charge in [0.25, 0.3) is 0 Å². The molecule has 1 aliphatic heterocycles. The highest BCUT2D eigenvalue weighted by Gasteiger charge is 2.51. The van der Waals surface area contributed by atoms with Crippen LogP contribution in [0.5, 0.6) is 5.75 Å². The van der Waals surface area contributed by atoms with E-state index in [0.717, 1.165) is 52.9 Å². The number of hydrogen-bond donors (Lipinski definition) is 3. The van der Waals surface area contributed by atoms with Gasteiger partial charge in [0.2, 0.25) is 5.91 Å². The standard InChI is InChI=1S/C27H32N2O4/c1-26(2,3)24-14-18-13-20(5-6-22(18)29(24)15-21(31)16-30)28-25(32)27(9-10-27)19-4-7-23-17(12-19)8-11-33-23/h4-7,12-14,21,30-31H,8-11,15-16H2,1-3H3,(H,28,32)/t21-/m1/s1. The molecule has 0 spiro atoms. The first kappa shape index (κ1) is 22.0. The van der Waals surface area contributed by atoms with Gasteiger partial charge in [-0.3, -0.25) is 4.79 Å². The molecule has 3 N–H and O–H groups in total. The van der Waals surface area contributed by atoms with Crippen molar-refractivity contribution in [3.63, 3.8) is 0 Å². The van der Waals surface area contributed by atoms with Crippen molar-refractivity contribution in [1.82, 2.24) is 4.57 Å². The van der Waals surface area contributed by atoms with Crippen LogP contribution in [0.4, 0.5) is 5.69 Å². The maximum absolute atomic E-state index is 13.3. The zero-order chi connectivity index (χ0) is 23.4. The van der Waals surface area contributed by atoms with Crippen molar-refractivity contribution < 1.29 is 19.7 Å². The van der Waals surface area contributed by atoms with Gasteiger partial charge in [-0.2, -0.15) is 0 Å². The average Bonchev–Trinajstić information content (AvgIpc) is 3.32. The molecule has 1 fully saturated rings. The number of rotatable bonds is 6. The molecule has 6 nitrogen and oxygen atoms in total. The summed E-state index contributed by atoms with van der Waals surface area (Å²) in [5.41, 5.74) is 4.49. The lowest BCUT2D eigenvalue weighted by atomic mass is 9.92. The molecule has 33 heavy (non-hydrogen) atoms. The van der Waals surface area contributed by atoms with Gasteiger partial charge in [0, 0.05) is 34.1 Å². The van der Waals surface area contributed by atoms with Gasteiger partial charge < -0.3 is 24.8 Å². The first-order valence-electron chi connectivity index (χ1n) is 11.7. The highest BCUT2D eigenvalue weighted by Crippen LogP contribution is 2.50. The Balaban J connectivity index is 1.43. The van der Waals surface area contributed by atoms with Crippen molar-refractivity contribution in [1.29, 1.82) is 0 Å². The lowest BCUT2D eigenvalue weighted by molar-refractivity contribution is -0.118. The van der Waals surface area contributed by atoms with E-state index in [4.69, 9.17) is 4.74 Å². The molecule has 1 amide bonds. The largest absolute Gasteiger partial charge is 0.493 e. The van der Waals surface area contributed by atoms with E-state index in [9.17, 15) is 15.0 Å². The topological polar surface area (TPSA) is 83.7 Å². The monoisotopic (exact) mass is 448 g/mol. The summed E-state index contributed by atoms with van der Waals surface area (Å²) in [7, 11) is 0. The summed E-state index contributed by atoms with van der Waals surface area (Å²) in [5.74, 6) is 0.970. The van der Waals surface area contributed by atoms with Gasteiger partial charge in [-0.25, -0.2) is 0 Å². The van der Waals surface area contributed by atoms with E-state index < -0.39 is 11.5 Å². The molecule has 1 aliphatic carbocycles. The zero-order valence-electron chi connectivity index (χ0n) is 19.5. The molecule has 1 aromatic heterocycles. The summed E-state index contributed by atoms with van der Waals surface area (Å²) >= 11 is 0. The number of aliphatic hydroxyl groups excluding tert-OH is 2. The Morgan fingerprint density at radius 1 is 1.18 bits per heavy atom. The van der Waals surface area contributed by atoms with Crippen LogP contribution < -0.4 is 10.1 Å². The van der Waals surface area contributed by atoms with E-state index in [1.165, 1.54) is 5.56 Å². The van der Waals surface area contributed by atoms with E-state index in [0.29, 0.717) is 13.2 Å². The fourth-order valence-electron chi connectivity index (χ4n) is 4.94. The maximum Gasteiger partial charge on any atom is 0.235 e. The van der Waals surface area contributed by atoms with Crippen LogP contribution in [0.1, 0.15) is 50.4 Å². The highest BCUT2D eigenvalue weighted by molar-refractivity contribution is 6.02. The molecule has 1 saturated carbocycles. The number of nitrogens with zero attached hydrogens (tertiary/aromatic N) is 1. The quantitative estimate of drug-likeness (QED) is 0.534. The van der Waals surface area contributed by atoms with Gasteiger partial charge in [0.05, 0.1) is 31.3 Å². The fourth-order valence-corrected chi connectivity index (χ4v) is 4.94. The van der Waals surface area contributed by atoms with Crippen molar-refractivity contribution in [3.05, 3.63) is 59.3 Å². The summed E-state index contributed by atoms with van der Waals surface area (Å²) in [6.07, 6.45) is 1.78. The molecule has 5 rings (SSSR count). The Hall–Kier alpha value is -2.83. The minimum absolute atomic E-state index is 0.0342. The number of fused-ring (bicyclic) bond motifs is 2. The van der Waals surface area contributed by atoms with Gasteiger partial charge in [0.15, 0.2) is 0 Å². The third kappa shape index (κ3) is 3.91. The molecule has 0 unspecified atom stereocenters. The molecule has 6 heteroatoms. The lowest BCUT2D eigenvalue weighted by Crippen LogP contribution is -2.27. The van der Waals surface area contributed by atoms with E-state index in [2.05, 4.69) is 42.8 Å². The fraction of sp³-hybridized carbons (Fsp3) is 0.444. The summed E-state index contributed by atoms with van der Waals surface area (Å²) in [4.78, 5) is 13.3. The molecule has 0 radical (unpaired) electrons. The van der Waals surface area contributed by atoms with Crippen molar-refractivity contribution in [3.8, 4) is 5.75 Å². The Bertz CT molecular complexity index is 1220. The number of carbonyl (C=O) groups is 1. The molecule has 3 aromatic rings. The summed E-state index contributed by atoms with van der Waals surface area (Å²) in [6, 6.07) is 14.2. The number of aliphatic hydroxyl groups is 2. The molecular weight excluding hydrogens is 416 g/mol. The number of ether oxygens (including phenoxy) is 1. The van der Waals surface area contributed by atoms with Gasteiger partial charge in [0.1, 0.15) is 5.75 Å². The van der Waals surface area contributed by atoms with E-state index in [1.807, 2.05) is 30.3 Å². The number of benzene rings is 2. The van der Waals surface area contributed by atoms with Crippen LogP contribution in [-0.2, 0) is 28.6 Å². The minimum atomic E-state index is -0.825. The second-order valence-corrected chi connectivity index (χ2v) is 10.5. The second-order valence-electron chi connectivity index (χ2n) is 10.5. The third-order valence-corrected chi connectivity index (χ3v) is 6.96. The van der Waals surface area contributed by atoms with Crippen molar-refractivity contribution in [2.45, 2.75) is 63.5 Å². The van der Waals surface area contributed by atoms with E-state index >= 15 is 0 Å². The lowest BCUT2D eigenvalue weighted by Gasteiger charge is -2.23. The molecular formula is C27H32N2O4. The van der Waals surface area contributed by atoms with E-state index in [1.54, 1.807) is 0 Å². The number of aromatic nitrogens is 1. The van der Waals surface area contributed by atoms with Crippen molar-refractivity contribution in [2.24, 2.45) is 0 Å². The van der Waals surface area contributed by atoms with Gasteiger partial charge in [-0.1, -0.05) is 32.9 Å². The third-order valence-electron chi connectivity index (χ3n) is 6.96. The maximum atomic E-state index is 13.3. The number of hydrogen-bond acceptors (Lipinski definition) is 4. The van der Waals surface area contributed by atoms with Gasteiger partial charge in [-0.15, -0.1) is 0 Å². The van der Waals surface area contributed by atoms with Gasteiger partial charge in [-0.05, 0) is 54.3 Å². The van der Waals surface area contributed by atoms with Crippen LogP contribution in [0, 0.1) is 0 Å². The van der Waals surface area contributed by atoms with Crippen LogP contribution in [-0.4, -0.2) is 40.0 Å². The van der Waals surface area contributed by atoms with Crippen LogP contribution in [0.15, 0.2) is 42.5 Å². The number of carbonyl (C=O) groups excluding carboxylic acids is 1. The molecule has 0 bridgehead atoms. The predicted octanol–water partition coefficient (Wildman–Crippen LogP) is 3.90. The van der Waals surface area contributed by atoms with Crippen LogP contribution in [0.2, 0.25) is 0 Å². The minimum Gasteiger partial charge on any atom is -0.493 e. The Morgan fingerprint density at radius 2 is 1.97 bits per heavy atom. The van der Waals surface area contributed by atoms with Gasteiger partial charge >= 0.3 is 0 Å². The van der Waals surface area contributed by atoms with Crippen LogP contribution in [0.3, 0.4) is 0 Å². The van der Waals surface area contributed by atoms with E-state index in [-0.39, 0.29) is 17.9 Å². The predicted molar refractivity (Wildman–Crippen MR) is 129 cm³/mol. The molecule has 2 aromatic carbocycles. The van der Waals surface area contributed by atoms with Crippen molar-refractivity contribution in [2.75, 3.05) is 18.5 Å². The molecule has 1 atom stereocenters. The Labute approximate surface area is 194 Å². The van der Waals surface area contributed by atoms with Crippen LogP contribution in [0.25, 0.3) is 10.9 Å². The summed E-state index contributed by atoms with van der Waals surface area (Å²) in [5, 5.41) is 23.6. The Morgan fingerprint density at radius 3 is 2.67 bits per heavy atom. The smallest absolute Gasteiger partial charge is 0.235 e.